The van der Waals surface area contributed by atoms with Crippen LogP contribution in [0.25, 0.3) is 0 Å². The van der Waals surface area contributed by atoms with Gasteiger partial charge in [-0.2, -0.15) is 0 Å². The lowest BCUT2D eigenvalue weighted by molar-refractivity contribution is -0.384. The van der Waals surface area contributed by atoms with Crippen molar-refractivity contribution in [1.82, 2.24) is 0 Å². The number of hydrogen-bond donors (Lipinski definition) is 1. The van der Waals surface area contributed by atoms with Crippen LogP contribution in [0.2, 0.25) is 0 Å². The molecule has 2 spiro atoms. The number of aliphatic hydroxyl groups is 1. The van der Waals surface area contributed by atoms with Crippen molar-refractivity contribution in [3.8, 4) is 0 Å². The zero-order chi connectivity index (χ0) is 49.6. The molecule has 1 aromatic carbocycles. The topological polar surface area (TPSA) is 127 Å². The Bertz CT molecular complexity index is 2170. The number of carbonyl (C=O) groups is 1. The predicted octanol–water partition coefficient (Wildman–Crippen LogP) is 13.4. The molecule has 13 rings (SSSR count). The van der Waals surface area contributed by atoms with Crippen molar-refractivity contribution in [1.29, 1.82) is 0 Å². The SMILES string of the molecule is C[C@H]1CC[C@@]2(OC1)O[C@H]1C[C@H]3[C@@H]4CC[C@@H]5C[C@@H](O)CC[C@]5(C)[C@H]4CC[C@]3(C)[C@H]1[C@@H]2C.C[C@H]1CC[C@@]2(OC1)O[C@H]1C[C@H]3[C@@H]4CC[C@@H]5C[C@H](OC(=O)c6ccc([N+](=O)[O-])cc6)CC[C@]5(C)[C@H]4CC[C@]3(C)[C@H]1[C@@H]2C. The summed E-state index contributed by atoms with van der Waals surface area (Å²) in [5.74, 6) is 8.72. The summed E-state index contributed by atoms with van der Waals surface area (Å²) in [6, 6.07) is 5.75. The van der Waals surface area contributed by atoms with Crippen LogP contribution in [-0.4, -0.2) is 65.2 Å². The third-order valence-corrected chi connectivity index (χ3v) is 25.4. The lowest BCUT2D eigenvalue weighted by Gasteiger charge is -2.61. The van der Waals surface area contributed by atoms with Crippen molar-refractivity contribution in [2.45, 2.75) is 220 Å². The van der Waals surface area contributed by atoms with Crippen LogP contribution in [0, 0.1) is 115 Å². The quantitative estimate of drug-likeness (QED) is 0.179. The molecule has 24 atom stereocenters. The summed E-state index contributed by atoms with van der Waals surface area (Å²) < 4.78 is 32.8. The number of ether oxygens (including phenoxy) is 5. The lowest BCUT2D eigenvalue weighted by Crippen LogP contribution is -2.55. The molecule has 0 aromatic heterocycles. The number of aliphatic hydroxyl groups excluding tert-OH is 1. The second kappa shape index (κ2) is 17.7. The standard InChI is InChI=1S/C34H47NO6.C27H44O3/c1-20-11-16-34(39-19-20)21(2)30-29(41-34)18-28-26-10-7-23-17-25(12-14-32(23,3)27(26)13-15-33(28,30)4)40-31(36)22-5-8-24(9-6-22)35(37)38;1-16-7-12-27(29-15-16)17(2)24-23(30-27)14-22-20-6-5-18-13-19(28)8-10-25(18,3)21(20)9-11-26(22,24)4/h5-6,8-9,20-21,23,25-30H,7,10-19H2,1-4H3;16-24,28H,5-15H2,1-4H3/t20-,21-,23+,25+,26+,27-,28-,29-,30-,32-,33-,34+;16-,17-,18+,19-,20+,21-,22-,23-,24-,25-,26-,27+/m00/s1. The summed E-state index contributed by atoms with van der Waals surface area (Å²) in [4.78, 5) is 23.4. The molecule has 0 bridgehead atoms. The van der Waals surface area contributed by atoms with Crippen LogP contribution in [0.4, 0.5) is 5.69 Å². The van der Waals surface area contributed by atoms with E-state index in [0.717, 1.165) is 99.6 Å². The van der Waals surface area contributed by atoms with Crippen molar-refractivity contribution < 1.29 is 38.5 Å². The molecular weight excluding hydrogens is 891 g/mol. The zero-order valence-corrected chi connectivity index (χ0v) is 44.9. The van der Waals surface area contributed by atoms with Gasteiger partial charge in [0.1, 0.15) is 6.10 Å². The van der Waals surface area contributed by atoms with E-state index >= 15 is 0 Å². The third-order valence-electron chi connectivity index (χ3n) is 25.4. The van der Waals surface area contributed by atoms with Crippen LogP contribution in [0.1, 0.15) is 194 Å². The number of nitro groups is 1. The number of carbonyl (C=O) groups excluding carboxylic acids is 1. The van der Waals surface area contributed by atoms with Crippen LogP contribution in [0.3, 0.4) is 0 Å². The minimum Gasteiger partial charge on any atom is -0.459 e. The van der Waals surface area contributed by atoms with Crippen LogP contribution in [-0.2, 0) is 23.7 Å². The highest BCUT2D eigenvalue weighted by Crippen LogP contribution is 2.73. The van der Waals surface area contributed by atoms with E-state index in [1.54, 1.807) is 0 Å². The second-order valence-electron chi connectivity index (χ2n) is 28.4. The van der Waals surface area contributed by atoms with E-state index in [2.05, 4.69) is 55.4 Å². The van der Waals surface area contributed by atoms with E-state index in [1.807, 2.05) is 0 Å². The smallest absolute Gasteiger partial charge is 0.338 e. The van der Waals surface area contributed by atoms with Crippen molar-refractivity contribution in [2.24, 2.45) is 105 Å². The number of rotatable bonds is 3. The summed E-state index contributed by atoms with van der Waals surface area (Å²) >= 11 is 0. The van der Waals surface area contributed by atoms with E-state index in [1.165, 1.54) is 108 Å². The average Bonchev–Trinajstić information content (AvgIpc) is 4.01. The molecule has 1 N–H and O–H groups in total. The molecule has 8 saturated carbocycles. The number of non-ortho nitro benzene ring substituents is 1. The van der Waals surface area contributed by atoms with Crippen LogP contribution in [0.15, 0.2) is 24.3 Å². The van der Waals surface area contributed by atoms with Gasteiger partial charge in [0.05, 0.1) is 42.0 Å². The summed E-state index contributed by atoms with van der Waals surface area (Å²) in [7, 11) is 0. The average molecular weight is 982 g/mol. The Hall–Kier alpha value is -2.11. The molecule has 4 heterocycles. The number of hydrogen-bond acceptors (Lipinski definition) is 9. The Kier molecular flexibility index (Phi) is 12.4. The van der Waals surface area contributed by atoms with Crippen molar-refractivity contribution >= 4 is 11.7 Å². The normalized spacial score (nSPS) is 54.4. The fourth-order valence-corrected chi connectivity index (χ4v) is 21.5. The predicted molar refractivity (Wildman–Crippen MR) is 272 cm³/mol. The van der Waals surface area contributed by atoms with Crippen LogP contribution in [0.5, 0.6) is 0 Å². The first-order valence-corrected chi connectivity index (χ1v) is 29.6. The highest BCUT2D eigenvalue weighted by Gasteiger charge is 2.71. The number of nitrogens with zero attached hydrogens (tertiary/aromatic N) is 1. The summed E-state index contributed by atoms with van der Waals surface area (Å²) in [5.41, 5.74) is 1.91. The Morgan fingerprint density at radius 1 is 0.592 bits per heavy atom. The van der Waals surface area contributed by atoms with Gasteiger partial charge in [-0.25, -0.2) is 4.79 Å². The van der Waals surface area contributed by atoms with Gasteiger partial charge in [-0.15, -0.1) is 0 Å². The monoisotopic (exact) mass is 982 g/mol. The lowest BCUT2D eigenvalue weighted by atomic mass is 9.44. The van der Waals surface area contributed by atoms with Crippen molar-refractivity contribution in [2.75, 3.05) is 13.2 Å². The largest absolute Gasteiger partial charge is 0.459 e. The van der Waals surface area contributed by atoms with E-state index < -0.39 is 4.92 Å². The summed E-state index contributed by atoms with van der Waals surface area (Å²) in [6.07, 6.45) is 24.6. The molecule has 1 aromatic rings. The number of benzene rings is 1. The molecule has 10 nitrogen and oxygen atoms in total. The van der Waals surface area contributed by atoms with Gasteiger partial charge < -0.3 is 28.8 Å². The molecule has 10 heteroatoms. The highest BCUT2D eigenvalue weighted by molar-refractivity contribution is 5.89. The van der Waals surface area contributed by atoms with E-state index in [-0.39, 0.29) is 35.4 Å². The van der Waals surface area contributed by atoms with Gasteiger partial charge in [-0.05, 0) is 220 Å². The van der Waals surface area contributed by atoms with Gasteiger partial charge >= 0.3 is 5.97 Å². The summed E-state index contributed by atoms with van der Waals surface area (Å²) in [6.45, 7) is 21.6. The third kappa shape index (κ3) is 7.68. The van der Waals surface area contributed by atoms with E-state index in [0.29, 0.717) is 80.9 Å². The van der Waals surface area contributed by atoms with E-state index in [9.17, 15) is 20.0 Å². The van der Waals surface area contributed by atoms with Crippen LogP contribution >= 0.6 is 0 Å². The molecule has 4 saturated heterocycles. The molecule has 394 valence electrons. The van der Waals surface area contributed by atoms with Gasteiger partial charge in [0.15, 0.2) is 11.6 Å². The Balaban J connectivity index is 0.000000153. The van der Waals surface area contributed by atoms with Gasteiger partial charge in [0, 0.05) is 36.8 Å². The first-order chi connectivity index (χ1) is 33.8. The minimum atomic E-state index is -0.450. The maximum Gasteiger partial charge on any atom is 0.338 e. The van der Waals surface area contributed by atoms with Crippen molar-refractivity contribution in [3.05, 3.63) is 39.9 Å². The maximum atomic E-state index is 12.9. The minimum absolute atomic E-state index is 0.0151. The van der Waals surface area contributed by atoms with Gasteiger partial charge in [-0.1, -0.05) is 55.4 Å². The molecule has 12 fully saturated rings. The second-order valence-corrected chi connectivity index (χ2v) is 28.4. The Morgan fingerprint density at radius 3 is 1.55 bits per heavy atom. The molecule has 4 aliphatic heterocycles. The maximum absolute atomic E-state index is 12.9. The molecular formula is C61H91NO9. The van der Waals surface area contributed by atoms with Crippen LogP contribution < -0.4 is 0 Å². The molecule has 0 radical (unpaired) electrons. The Labute approximate surface area is 426 Å². The first kappa shape index (κ1) is 49.7. The molecule has 71 heavy (non-hydrogen) atoms. The summed E-state index contributed by atoms with van der Waals surface area (Å²) in [5, 5.41) is 21.3. The number of nitro benzene ring substituents is 1. The number of fused-ring (bicyclic) bond motifs is 14. The zero-order valence-electron chi connectivity index (χ0n) is 44.9. The van der Waals surface area contributed by atoms with Crippen molar-refractivity contribution in [3.63, 3.8) is 0 Å². The number of esters is 1. The van der Waals surface area contributed by atoms with Gasteiger partial charge in [0.25, 0.3) is 5.69 Å². The van der Waals surface area contributed by atoms with Gasteiger partial charge in [-0.3, -0.25) is 10.1 Å². The molecule has 0 amide bonds. The molecule has 12 aliphatic rings. The molecule has 8 aliphatic carbocycles. The first-order valence-electron chi connectivity index (χ1n) is 29.6. The van der Waals surface area contributed by atoms with Gasteiger partial charge in [0.2, 0.25) is 0 Å². The fourth-order valence-electron chi connectivity index (χ4n) is 21.5. The van der Waals surface area contributed by atoms with E-state index in [4.69, 9.17) is 23.7 Å². The highest BCUT2D eigenvalue weighted by atomic mass is 16.7. The molecule has 0 unspecified atom stereocenters. The fraction of sp³-hybridized carbons (Fsp3) is 0.885. The Morgan fingerprint density at radius 2 is 1.07 bits per heavy atom.